The van der Waals surface area contributed by atoms with Gasteiger partial charge in [-0.05, 0) is 59.4 Å². The lowest BCUT2D eigenvalue weighted by Gasteiger charge is -2.25. The summed E-state index contributed by atoms with van der Waals surface area (Å²) < 4.78 is 0. The van der Waals surface area contributed by atoms with Gasteiger partial charge in [-0.2, -0.15) is 5.10 Å². The third-order valence-corrected chi connectivity index (χ3v) is 7.02. The summed E-state index contributed by atoms with van der Waals surface area (Å²) in [5.74, 6) is 1.15. The number of imidazole rings is 1. The zero-order valence-electron chi connectivity index (χ0n) is 21.6. The number of aromatic amines is 2. The van der Waals surface area contributed by atoms with Crippen LogP contribution in [-0.2, 0) is 11.2 Å². The van der Waals surface area contributed by atoms with Crippen LogP contribution in [0.1, 0.15) is 38.4 Å². The summed E-state index contributed by atoms with van der Waals surface area (Å²) in [6.07, 6.45) is 5.94. The first-order valence-electron chi connectivity index (χ1n) is 13.0. The van der Waals surface area contributed by atoms with Crippen molar-refractivity contribution in [2.45, 2.75) is 33.6 Å². The van der Waals surface area contributed by atoms with Gasteiger partial charge in [-0.1, -0.05) is 39.0 Å². The SMILES string of the molecule is CCc1cc(O)ccc1-c1ccc2c(-c3nc(C4=CCN(CCNC(=O)C(C)C)CC4)c[nH]3)n[nH]c2c1. The number of fused-ring (bicyclic) bond motifs is 1. The molecule has 0 saturated heterocycles. The average Bonchev–Trinajstić information content (AvgIpc) is 3.56. The number of aromatic nitrogens is 4. The number of hydrogen-bond acceptors (Lipinski definition) is 5. The molecular formula is C29H34N6O2. The fraction of sp³-hybridized carbons (Fsp3) is 0.345. The van der Waals surface area contributed by atoms with Gasteiger partial charge in [0.05, 0.1) is 11.2 Å². The minimum Gasteiger partial charge on any atom is -0.508 e. The number of amides is 1. The second-order valence-corrected chi connectivity index (χ2v) is 9.89. The molecule has 0 radical (unpaired) electrons. The van der Waals surface area contributed by atoms with Gasteiger partial charge in [-0.3, -0.25) is 14.8 Å². The van der Waals surface area contributed by atoms with Crippen molar-refractivity contribution in [1.82, 2.24) is 30.4 Å². The number of phenolic OH excluding ortho intramolecular Hbond substituents is 1. The maximum atomic E-state index is 11.8. The molecule has 2 aromatic carbocycles. The summed E-state index contributed by atoms with van der Waals surface area (Å²) >= 11 is 0. The quantitative estimate of drug-likeness (QED) is 0.280. The van der Waals surface area contributed by atoms with Crippen LogP contribution in [0, 0.1) is 5.92 Å². The minimum atomic E-state index is 0.0172. The van der Waals surface area contributed by atoms with Gasteiger partial charge in [0.1, 0.15) is 11.4 Å². The van der Waals surface area contributed by atoms with Crippen molar-refractivity contribution in [3.63, 3.8) is 0 Å². The molecular weight excluding hydrogens is 464 g/mol. The molecule has 1 aliphatic rings. The average molecular weight is 499 g/mol. The fourth-order valence-electron chi connectivity index (χ4n) is 4.82. The molecule has 4 aromatic rings. The highest BCUT2D eigenvalue weighted by Crippen LogP contribution is 2.32. The molecule has 1 aliphatic heterocycles. The van der Waals surface area contributed by atoms with Crippen LogP contribution < -0.4 is 5.32 Å². The van der Waals surface area contributed by atoms with E-state index >= 15 is 0 Å². The van der Waals surface area contributed by atoms with Crippen molar-refractivity contribution in [3.05, 3.63) is 59.9 Å². The Balaban J connectivity index is 1.29. The number of carbonyl (C=O) groups is 1. The highest BCUT2D eigenvalue weighted by molar-refractivity contribution is 5.94. The summed E-state index contributed by atoms with van der Waals surface area (Å²) in [4.78, 5) is 22.3. The standard InChI is InChI=1S/C29H34N6O2/c1-4-19-15-22(36)6-8-23(19)21-5-7-24-25(16-21)33-34-27(24)28-31-17-26(32-28)20-9-12-35(13-10-20)14-11-30-29(37)18(2)3/h5-9,15-18,36H,4,10-14H2,1-3H3,(H,30,37)(H,31,32)(H,33,34). The minimum absolute atomic E-state index is 0.0172. The number of nitrogens with zero attached hydrogens (tertiary/aromatic N) is 3. The van der Waals surface area contributed by atoms with E-state index in [-0.39, 0.29) is 17.6 Å². The van der Waals surface area contributed by atoms with Gasteiger partial charge in [-0.15, -0.1) is 0 Å². The molecule has 4 N–H and O–H groups in total. The summed E-state index contributed by atoms with van der Waals surface area (Å²) in [5.41, 5.74) is 7.22. The van der Waals surface area contributed by atoms with Crippen LogP contribution in [0.4, 0.5) is 0 Å². The number of aromatic hydroxyl groups is 1. The monoisotopic (exact) mass is 498 g/mol. The van der Waals surface area contributed by atoms with Gasteiger partial charge < -0.3 is 15.4 Å². The number of phenols is 1. The van der Waals surface area contributed by atoms with Crippen molar-refractivity contribution in [3.8, 4) is 28.4 Å². The van der Waals surface area contributed by atoms with E-state index < -0.39 is 0 Å². The molecule has 0 unspecified atom stereocenters. The predicted octanol–water partition coefficient (Wildman–Crippen LogP) is 4.75. The largest absolute Gasteiger partial charge is 0.508 e. The highest BCUT2D eigenvalue weighted by Gasteiger charge is 2.18. The predicted molar refractivity (Wildman–Crippen MR) is 147 cm³/mol. The second-order valence-electron chi connectivity index (χ2n) is 9.89. The zero-order valence-corrected chi connectivity index (χ0v) is 21.6. The molecule has 8 nitrogen and oxygen atoms in total. The Morgan fingerprint density at radius 3 is 2.84 bits per heavy atom. The number of H-pyrrole nitrogens is 2. The molecule has 0 bridgehead atoms. The Morgan fingerprint density at radius 1 is 1.22 bits per heavy atom. The lowest BCUT2D eigenvalue weighted by Crippen LogP contribution is -2.38. The van der Waals surface area contributed by atoms with Gasteiger partial charge in [0.2, 0.25) is 5.91 Å². The molecule has 1 amide bonds. The normalized spacial score (nSPS) is 14.3. The zero-order chi connectivity index (χ0) is 25.9. The first kappa shape index (κ1) is 24.8. The van der Waals surface area contributed by atoms with E-state index in [4.69, 9.17) is 4.98 Å². The molecule has 37 heavy (non-hydrogen) atoms. The molecule has 2 aromatic heterocycles. The third kappa shape index (κ3) is 5.29. The summed E-state index contributed by atoms with van der Waals surface area (Å²) in [6, 6.07) is 11.8. The van der Waals surface area contributed by atoms with Gasteiger partial charge in [-0.25, -0.2) is 4.98 Å². The van der Waals surface area contributed by atoms with E-state index in [9.17, 15) is 9.90 Å². The van der Waals surface area contributed by atoms with Crippen molar-refractivity contribution in [2.24, 2.45) is 5.92 Å². The van der Waals surface area contributed by atoms with Crippen LogP contribution >= 0.6 is 0 Å². The van der Waals surface area contributed by atoms with Crippen LogP contribution in [0.5, 0.6) is 5.75 Å². The number of carbonyl (C=O) groups excluding carboxylic acids is 1. The molecule has 3 heterocycles. The van der Waals surface area contributed by atoms with Gasteiger partial charge in [0.15, 0.2) is 5.82 Å². The Morgan fingerprint density at radius 2 is 2.08 bits per heavy atom. The van der Waals surface area contributed by atoms with Crippen LogP contribution in [0.15, 0.2) is 48.7 Å². The van der Waals surface area contributed by atoms with E-state index in [1.165, 1.54) is 5.57 Å². The Labute approximate surface area is 216 Å². The van der Waals surface area contributed by atoms with Crippen LogP contribution in [-0.4, -0.2) is 62.3 Å². The van der Waals surface area contributed by atoms with Crippen molar-refractivity contribution in [2.75, 3.05) is 26.2 Å². The Kier molecular flexibility index (Phi) is 7.10. The summed E-state index contributed by atoms with van der Waals surface area (Å²) in [5, 5.41) is 21.6. The number of nitrogens with one attached hydrogen (secondary N) is 3. The first-order valence-corrected chi connectivity index (χ1v) is 13.0. The Bertz CT molecular complexity index is 1450. The smallest absolute Gasteiger partial charge is 0.222 e. The van der Waals surface area contributed by atoms with Crippen molar-refractivity contribution >= 4 is 22.4 Å². The molecule has 0 saturated carbocycles. The van der Waals surface area contributed by atoms with Crippen LogP contribution in [0.2, 0.25) is 0 Å². The molecule has 8 heteroatoms. The summed E-state index contributed by atoms with van der Waals surface area (Å²) in [6.45, 7) is 9.22. The highest BCUT2D eigenvalue weighted by atomic mass is 16.3. The summed E-state index contributed by atoms with van der Waals surface area (Å²) in [7, 11) is 0. The maximum Gasteiger partial charge on any atom is 0.222 e. The Hall–Kier alpha value is -3.91. The van der Waals surface area contributed by atoms with E-state index in [0.29, 0.717) is 6.54 Å². The number of aryl methyl sites for hydroxylation is 1. The van der Waals surface area contributed by atoms with Crippen molar-refractivity contribution in [1.29, 1.82) is 0 Å². The number of rotatable bonds is 8. The van der Waals surface area contributed by atoms with Crippen molar-refractivity contribution < 1.29 is 9.90 Å². The van der Waals surface area contributed by atoms with Gasteiger partial charge in [0, 0.05) is 43.7 Å². The fourth-order valence-corrected chi connectivity index (χ4v) is 4.82. The molecule has 192 valence electrons. The lowest BCUT2D eigenvalue weighted by molar-refractivity contribution is -0.124. The molecule has 0 fully saturated rings. The molecule has 0 spiro atoms. The van der Waals surface area contributed by atoms with Crippen LogP contribution in [0.3, 0.4) is 0 Å². The van der Waals surface area contributed by atoms with Crippen LogP contribution in [0.25, 0.3) is 39.1 Å². The van der Waals surface area contributed by atoms with E-state index in [1.54, 1.807) is 6.07 Å². The number of benzene rings is 2. The lowest BCUT2D eigenvalue weighted by atomic mass is 9.97. The first-order chi connectivity index (χ1) is 17.9. The number of hydrogen-bond donors (Lipinski definition) is 4. The molecule has 5 rings (SSSR count). The second kappa shape index (κ2) is 10.6. The van der Waals surface area contributed by atoms with E-state index in [2.05, 4.69) is 56.6 Å². The third-order valence-electron chi connectivity index (χ3n) is 7.02. The van der Waals surface area contributed by atoms with E-state index in [0.717, 1.165) is 77.3 Å². The molecule has 0 aliphatic carbocycles. The topological polar surface area (TPSA) is 110 Å². The molecule has 0 atom stereocenters. The van der Waals surface area contributed by atoms with Gasteiger partial charge in [0.25, 0.3) is 0 Å². The van der Waals surface area contributed by atoms with Gasteiger partial charge >= 0.3 is 0 Å². The maximum absolute atomic E-state index is 11.8. The van der Waals surface area contributed by atoms with E-state index in [1.807, 2.05) is 32.2 Å².